The number of pyridine rings is 1. The second kappa shape index (κ2) is 9.20. The molecular weight excluding hydrogens is 466 g/mol. The van der Waals surface area contributed by atoms with Crippen molar-refractivity contribution in [3.63, 3.8) is 0 Å². The second-order valence-corrected chi connectivity index (χ2v) is 8.82. The molecule has 182 valence electrons. The number of amides is 1. The van der Waals surface area contributed by atoms with Crippen LogP contribution in [0.1, 0.15) is 33.2 Å². The molecule has 3 N–H and O–H groups in total. The number of ether oxygens (including phenoxy) is 1. The molecule has 7 nitrogen and oxygen atoms in total. The van der Waals surface area contributed by atoms with Crippen LogP contribution in [0.3, 0.4) is 0 Å². The summed E-state index contributed by atoms with van der Waals surface area (Å²) < 4.78 is 7.46. The van der Waals surface area contributed by atoms with E-state index in [1.807, 2.05) is 84.9 Å². The third-order valence-corrected chi connectivity index (χ3v) is 6.57. The standard InChI is InChI=1S/C30H23N3O4/c34-25-16-17-33(28(29(25)35)30(36)31-24-14-7-10-19-8-1-3-11-21(19)24)32-27-22-12-4-2-9-20(22)18-37-26-15-6-5-13-23(26)27/h1-17,27,32,35H,18H2,(H,31,36). The number of nitrogens with one attached hydrogen (secondary N) is 2. The highest BCUT2D eigenvalue weighted by Crippen LogP contribution is 2.36. The first-order chi connectivity index (χ1) is 18.1. The van der Waals surface area contributed by atoms with Gasteiger partial charge in [-0.05, 0) is 28.6 Å². The molecule has 1 amide bonds. The number of anilines is 1. The maximum atomic E-state index is 13.6. The number of rotatable bonds is 4. The number of hydrogen-bond donors (Lipinski definition) is 3. The van der Waals surface area contributed by atoms with Gasteiger partial charge < -0.3 is 20.6 Å². The topological polar surface area (TPSA) is 92.6 Å². The van der Waals surface area contributed by atoms with Gasteiger partial charge in [-0.25, -0.2) is 0 Å². The minimum atomic E-state index is -0.647. The molecule has 1 aliphatic heterocycles. The number of carbonyl (C=O) groups is 1. The van der Waals surface area contributed by atoms with Gasteiger partial charge in [0.25, 0.3) is 5.91 Å². The summed E-state index contributed by atoms with van der Waals surface area (Å²) in [6, 6.07) is 29.6. The van der Waals surface area contributed by atoms with Crippen molar-refractivity contribution in [2.24, 2.45) is 0 Å². The molecule has 4 aromatic carbocycles. The molecule has 7 heteroatoms. The van der Waals surface area contributed by atoms with E-state index in [9.17, 15) is 14.7 Å². The van der Waals surface area contributed by atoms with E-state index in [1.54, 1.807) is 6.07 Å². The van der Waals surface area contributed by atoms with Crippen LogP contribution in [0.4, 0.5) is 5.69 Å². The normalized spacial score (nSPS) is 14.1. The average Bonchev–Trinajstić information content (AvgIpc) is 3.08. The molecule has 6 rings (SSSR count). The van der Waals surface area contributed by atoms with Crippen LogP contribution in [0.5, 0.6) is 11.5 Å². The van der Waals surface area contributed by atoms with E-state index < -0.39 is 23.1 Å². The Bertz CT molecular complexity index is 1660. The van der Waals surface area contributed by atoms with Crippen LogP contribution >= 0.6 is 0 Å². The molecule has 1 aliphatic rings. The Labute approximate surface area is 212 Å². The quantitative estimate of drug-likeness (QED) is 0.323. The molecule has 0 fully saturated rings. The second-order valence-electron chi connectivity index (χ2n) is 8.82. The first-order valence-corrected chi connectivity index (χ1v) is 11.9. The summed E-state index contributed by atoms with van der Waals surface area (Å²) in [4.78, 5) is 26.0. The molecule has 1 unspecified atom stereocenters. The average molecular weight is 490 g/mol. The largest absolute Gasteiger partial charge is 0.502 e. The predicted molar refractivity (Wildman–Crippen MR) is 143 cm³/mol. The van der Waals surface area contributed by atoms with Crippen molar-refractivity contribution in [2.75, 3.05) is 10.7 Å². The minimum Gasteiger partial charge on any atom is -0.502 e. The third-order valence-electron chi connectivity index (χ3n) is 6.57. The molecule has 0 saturated heterocycles. The van der Waals surface area contributed by atoms with Crippen LogP contribution in [0.15, 0.2) is 108 Å². The molecule has 0 aliphatic carbocycles. The number of hydrogen-bond acceptors (Lipinski definition) is 5. The molecule has 37 heavy (non-hydrogen) atoms. The SMILES string of the molecule is O=C(Nc1cccc2ccccc12)c1c(O)c(=O)ccn1NC1c2ccccc2COc2ccccc21. The van der Waals surface area contributed by atoms with E-state index in [0.717, 1.165) is 27.5 Å². The maximum Gasteiger partial charge on any atom is 0.278 e. The van der Waals surface area contributed by atoms with Crippen LogP contribution < -0.4 is 20.9 Å². The molecule has 5 aromatic rings. The molecule has 0 spiro atoms. The van der Waals surface area contributed by atoms with Gasteiger partial charge in [0.2, 0.25) is 5.43 Å². The lowest BCUT2D eigenvalue weighted by Crippen LogP contribution is -2.30. The van der Waals surface area contributed by atoms with Gasteiger partial charge in [-0.2, -0.15) is 0 Å². The molecule has 0 radical (unpaired) electrons. The summed E-state index contributed by atoms with van der Waals surface area (Å²) in [7, 11) is 0. The van der Waals surface area contributed by atoms with E-state index in [-0.39, 0.29) is 5.69 Å². The number of aromatic hydroxyl groups is 1. The Morgan fingerprint density at radius 1 is 0.865 bits per heavy atom. The third kappa shape index (κ3) is 4.06. The smallest absolute Gasteiger partial charge is 0.278 e. The van der Waals surface area contributed by atoms with Crippen LogP contribution in [-0.2, 0) is 6.61 Å². The summed E-state index contributed by atoms with van der Waals surface area (Å²) >= 11 is 0. The molecule has 1 aromatic heterocycles. The number of benzene rings is 4. The number of fused-ring (bicyclic) bond motifs is 3. The Morgan fingerprint density at radius 3 is 2.49 bits per heavy atom. The van der Waals surface area contributed by atoms with Gasteiger partial charge in [0.1, 0.15) is 12.4 Å². The Morgan fingerprint density at radius 2 is 1.59 bits per heavy atom. The van der Waals surface area contributed by atoms with Crippen LogP contribution in [0.2, 0.25) is 0 Å². The summed E-state index contributed by atoms with van der Waals surface area (Å²) in [5.41, 5.74) is 5.90. The van der Waals surface area contributed by atoms with Crippen LogP contribution in [0.25, 0.3) is 10.8 Å². The maximum absolute atomic E-state index is 13.6. The number of carbonyl (C=O) groups excluding carboxylic acids is 1. The monoisotopic (exact) mass is 489 g/mol. The van der Waals surface area contributed by atoms with Crippen molar-refractivity contribution < 1.29 is 14.6 Å². The van der Waals surface area contributed by atoms with Crippen molar-refractivity contribution in [1.29, 1.82) is 0 Å². The van der Waals surface area contributed by atoms with Gasteiger partial charge in [0.15, 0.2) is 11.4 Å². The van der Waals surface area contributed by atoms with Crippen molar-refractivity contribution in [3.8, 4) is 11.5 Å². The van der Waals surface area contributed by atoms with Gasteiger partial charge in [0.05, 0.1) is 6.04 Å². The summed E-state index contributed by atoms with van der Waals surface area (Å²) in [5.74, 6) is -0.548. The Kier molecular flexibility index (Phi) is 5.58. The van der Waals surface area contributed by atoms with E-state index in [1.165, 1.54) is 16.9 Å². The fraction of sp³-hybridized carbons (Fsp3) is 0.0667. The number of para-hydroxylation sites is 1. The van der Waals surface area contributed by atoms with E-state index in [2.05, 4.69) is 10.7 Å². The fourth-order valence-electron chi connectivity index (χ4n) is 4.77. The lowest BCUT2D eigenvalue weighted by atomic mass is 9.95. The van der Waals surface area contributed by atoms with Crippen molar-refractivity contribution >= 4 is 22.4 Å². The Hall–Kier alpha value is -5.04. The van der Waals surface area contributed by atoms with E-state index >= 15 is 0 Å². The lowest BCUT2D eigenvalue weighted by molar-refractivity contribution is 0.101. The van der Waals surface area contributed by atoms with E-state index in [0.29, 0.717) is 18.0 Å². The molecule has 2 heterocycles. The summed E-state index contributed by atoms with van der Waals surface area (Å²) in [6.45, 7) is 0.398. The highest BCUT2D eigenvalue weighted by Gasteiger charge is 2.27. The first-order valence-electron chi connectivity index (χ1n) is 11.9. The minimum absolute atomic E-state index is 0.194. The predicted octanol–water partition coefficient (Wildman–Crippen LogP) is 5.18. The fourth-order valence-corrected chi connectivity index (χ4v) is 4.77. The molecule has 0 saturated carbocycles. The zero-order valence-corrected chi connectivity index (χ0v) is 19.7. The van der Waals surface area contributed by atoms with Crippen LogP contribution in [-0.4, -0.2) is 15.7 Å². The highest BCUT2D eigenvalue weighted by molar-refractivity contribution is 6.09. The first kappa shape index (κ1) is 22.4. The van der Waals surface area contributed by atoms with Gasteiger partial charge in [-0.1, -0.05) is 78.9 Å². The number of nitrogens with zero attached hydrogens (tertiary/aromatic N) is 1. The van der Waals surface area contributed by atoms with E-state index in [4.69, 9.17) is 4.74 Å². The Balaban J connectivity index is 1.44. The summed E-state index contributed by atoms with van der Waals surface area (Å²) in [6.07, 6.45) is 1.46. The summed E-state index contributed by atoms with van der Waals surface area (Å²) in [5, 5.41) is 15.4. The molecular formula is C30H23N3O4. The lowest BCUT2D eigenvalue weighted by Gasteiger charge is -2.25. The van der Waals surface area contributed by atoms with Gasteiger partial charge >= 0.3 is 0 Å². The zero-order chi connectivity index (χ0) is 25.4. The van der Waals surface area contributed by atoms with Crippen LogP contribution in [0, 0.1) is 0 Å². The van der Waals surface area contributed by atoms with Crippen molar-refractivity contribution in [3.05, 3.63) is 136 Å². The van der Waals surface area contributed by atoms with Crippen molar-refractivity contribution in [2.45, 2.75) is 12.6 Å². The molecule has 0 bridgehead atoms. The van der Waals surface area contributed by atoms with Gasteiger partial charge in [0, 0.05) is 28.9 Å². The van der Waals surface area contributed by atoms with Crippen molar-refractivity contribution in [1.82, 2.24) is 4.68 Å². The highest BCUT2D eigenvalue weighted by atomic mass is 16.5. The van der Waals surface area contributed by atoms with Gasteiger partial charge in [-0.3, -0.25) is 14.3 Å². The molecule has 1 atom stereocenters. The number of aromatic nitrogens is 1. The van der Waals surface area contributed by atoms with Gasteiger partial charge in [-0.15, -0.1) is 0 Å². The zero-order valence-electron chi connectivity index (χ0n) is 19.7.